The Bertz CT molecular complexity index is 1340. The number of benzene rings is 3. The lowest BCUT2D eigenvalue weighted by atomic mass is 10.0. The van der Waals surface area contributed by atoms with E-state index in [1.54, 1.807) is 18.2 Å². The van der Waals surface area contributed by atoms with Crippen molar-refractivity contribution in [3.63, 3.8) is 0 Å². The van der Waals surface area contributed by atoms with Crippen LogP contribution in [-0.2, 0) is 11.2 Å². The fourth-order valence-corrected chi connectivity index (χ4v) is 3.32. The first kappa shape index (κ1) is 22.2. The molecule has 4 aromatic rings. The fraction of sp³-hybridized carbons (Fsp3) is 0.0833. The highest BCUT2D eigenvalue weighted by Crippen LogP contribution is 2.32. The number of nitrogens with zero attached hydrogens (tertiary/aromatic N) is 3. The zero-order chi connectivity index (χ0) is 23.2. The summed E-state index contributed by atoms with van der Waals surface area (Å²) in [5, 5.41) is 5.95. The lowest BCUT2D eigenvalue weighted by molar-refractivity contribution is -0.120. The van der Waals surface area contributed by atoms with Gasteiger partial charge in [0.15, 0.2) is 11.5 Å². The number of halogens is 2. The van der Waals surface area contributed by atoms with Crippen LogP contribution in [0.15, 0.2) is 72.0 Å². The second-order valence-corrected chi connectivity index (χ2v) is 7.25. The van der Waals surface area contributed by atoms with Gasteiger partial charge in [0, 0.05) is 0 Å². The molecule has 0 bridgehead atoms. The number of hydrogen-bond donors (Lipinski definition) is 1. The molecule has 7 nitrogen and oxygen atoms in total. The Labute approximate surface area is 193 Å². The van der Waals surface area contributed by atoms with Gasteiger partial charge in [-0.1, -0.05) is 42.5 Å². The second kappa shape index (κ2) is 10.1. The van der Waals surface area contributed by atoms with E-state index in [1.807, 2.05) is 42.5 Å². The molecule has 0 unspecified atom stereocenters. The lowest BCUT2D eigenvalue weighted by Crippen LogP contribution is -2.19. The third-order valence-corrected chi connectivity index (χ3v) is 4.89. The van der Waals surface area contributed by atoms with Crippen LogP contribution < -0.4 is 14.9 Å². The number of aromatic nitrogens is 2. The standard InChI is InChI=1S/C24H18ClFN4O3/c1-32-20-10-9-15(11-21(20)33-23-19(26)14-27-24(25)29-23)13-28-30-22(31)12-17-7-4-6-16-5-2-3-8-18(16)17/h2-11,13-14H,12H2,1H3,(H,30,31)/b28-13-. The Balaban J connectivity index is 1.46. The van der Waals surface area contributed by atoms with Gasteiger partial charge in [-0.05, 0) is 51.7 Å². The van der Waals surface area contributed by atoms with Gasteiger partial charge in [-0.2, -0.15) is 14.5 Å². The van der Waals surface area contributed by atoms with E-state index in [1.165, 1.54) is 13.3 Å². The van der Waals surface area contributed by atoms with E-state index in [4.69, 9.17) is 21.1 Å². The number of fused-ring (bicyclic) bond motifs is 1. The van der Waals surface area contributed by atoms with Gasteiger partial charge in [-0.3, -0.25) is 4.79 Å². The number of methoxy groups -OCH3 is 1. The summed E-state index contributed by atoms with van der Waals surface area (Å²) in [6, 6.07) is 18.6. The van der Waals surface area contributed by atoms with Crippen LogP contribution in [-0.4, -0.2) is 29.2 Å². The molecule has 4 rings (SSSR count). The van der Waals surface area contributed by atoms with E-state index < -0.39 is 5.82 Å². The van der Waals surface area contributed by atoms with Gasteiger partial charge in [0.05, 0.1) is 25.9 Å². The van der Waals surface area contributed by atoms with Crippen LogP contribution in [0.1, 0.15) is 11.1 Å². The van der Waals surface area contributed by atoms with E-state index >= 15 is 0 Å². The SMILES string of the molecule is COc1ccc(/C=N\NC(=O)Cc2cccc3ccccc23)cc1Oc1nc(Cl)ncc1F. The van der Waals surface area contributed by atoms with Crippen LogP contribution in [0.5, 0.6) is 17.4 Å². The molecule has 1 amide bonds. The van der Waals surface area contributed by atoms with E-state index in [0.29, 0.717) is 11.3 Å². The smallest absolute Gasteiger partial charge is 0.260 e. The molecule has 166 valence electrons. The van der Waals surface area contributed by atoms with Crippen molar-refractivity contribution < 1.29 is 18.7 Å². The van der Waals surface area contributed by atoms with E-state index in [-0.39, 0.29) is 29.2 Å². The molecule has 0 saturated heterocycles. The molecule has 0 fully saturated rings. The van der Waals surface area contributed by atoms with Crippen LogP contribution in [0, 0.1) is 5.82 Å². The first-order valence-electron chi connectivity index (χ1n) is 9.86. The number of hydrogen-bond acceptors (Lipinski definition) is 6. The Hall–Kier alpha value is -4.04. The zero-order valence-corrected chi connectivity index (χ0v) is 18.2. The maximum atomic E-state index is 13.9. The van der Waals surface area contributed by atoms with Gasteiger partial charge < -0.3 is 9.47 Å². The first-order chi connectivity index (χ1) is 16.0. The van der Waals surface area contributed by atoms with Crippen molar-refractivity contribution in [3.8, 4) is 17.4 Å². The summed E-state index contributed by atoms with van der Waals surface area (Å²) in [5.74, 6) is -0.837. The fourth-order valence-electron chi connectivity index (χ4n) is 3.20. The molecule has 3 aromatic carbocycles. The summed E-state index contributed by atoms with van der Waals surface area (Å²) < 4.78 is 24.7. The largest absolute Gasteiger partial charge is 0.493 e. The maximum absolute atomic E-state index is 13.9. The summed E-state index contributed by atoms with van der Waals surface area (Å²) in [6.45, 7) is 0. The number of rotatable bonds is 7. The van der Waals surface area contributed by atoms with Crippen molar-refractivity contribution in [1.29, 1.82) is 0 Å². The first-order valence-corrected chi connectivity index (χ1v) is 10.2. The Kier molecular flexibility index (Phi) is 6.75. The predicted molar refractivity (Wildman–Crippen MR) is 123 cm³/mol. The molecule has 0 radical (unpaired) electrons. The van der Waals surface area contributed by atoms with Crippen LogP contribution in [0.4, 0.5) is 4.39 Å². The van der Waals surface area contributed by atoms with Gasteiger partial charge in [-0.25, -0.2) is 10.4 Å². The monoisotopic (exact) mass is 464 g/mol. The van der Waals surface area contributed by atoms with Crippen LogP contribution in [0.25, 0.3) is 10.8 Å². The highest BCUT2D eigenvalue weighted by Gasteiger charge is 2.13. The summed E-state index contributed by atoms with van der Waals surface area (Å²) >= 11 is 5.71. The van der Waals surface area contributed by atoms with Gasteiger partial charge in [0.25, 0.3) is 5.88 Å². The number of carbonyl (C=O) groups is 1. The molecule has 0 atom stereocenters. The summed E-state index contributed by atoms with van der Waals surface area (Å²) in [6.07, 6.45) is 2.54. The Morgan fingerprint density at radius 3 is 2.82 bits per heavy atom. The topological polar surface area (TPSA) is 85.7 Å². The van der Waals surface area contributed by atoms with Crippen molar-refractivity contribution in [2.45, 2.75) is 6.42 Å². The third kappa shape index (κ3) is 5.42. The lowest BCUT2D eigenvalue weighted by Gasteiger charge is -2.10. The van der Waals surface area contributed by atoms with Crippen LogP contribution in [0.2, 0.25) is 5.28 Å². The number of hydrazone groups is 1. The average molecular weight is 465 g/mol. The maximum Gasteiger partial charge on any atom is 0.260 e. The van der Waals surface area contributed by atoms with E-state index in [9.17, 15) is 9.18 Å². The predicted octanol–water partition coefficient (Wildman–Crippen LogP) is 4.92. The quantitative estimate of drug-likeness (QED) is 0.238. The molecule has 0 aliphatic carbocycles. The van der Waals surface area contributed by atoms with E-state index in [0.717, 1.165) is 22.5 Å². The van der Waals surface area contributed by atoms with Gasteiger partial charge in [0.1, 0.15) is 0 Å². The van der Waals surface area contributed by atoms with Crippen molar-refractivity contribution in [2.75, 3.05) is 7.11 Å². The highest BCUT2D eigenvalue weighted by molar-refractivity contribution is 6.28. The minimum absolute atomic E-state index is 0.156. The molecular formula is C24H18ClFN4O3. The minimum atomic E-state index is -0.777. The summed E-state index contributed by atoms with van der Waals surface area (Å²) in [7, 11) is 1.45. The normalized spacial score (nSPS) is 11.0. The van der Waals surface area contributed by atoms with Gasteiger partial charge in [-0.15, -0.1) is 0 Å². The molecule has 0 saturated carbocycles. The number of nitrogens with one attached hydrogen (secondary N) is 1. The number of amides is 1. The molecule has 0 spiro atoms. The zero-order valence-electron chi connectivity index (χ0n) is 17.5. The van der Waals surface area contributed by atoms with E-state index in [2.05, 4.69) is 20.5 Å². The molecular weight excluding hydrogens is 447 g/mol. The Morgan fingerprint density at radius 2 is 1.97 bits per heavy atom. The molecule has 33 heavy (non-hydrogen) atoms. The third-order valence-electron chi connectivity index (χ3n) is 4.71. The molecule has 0 aliphatic heterocycles. The van der Waals surface area contributed by atoms with Crippen molar-refractivity contribution in [3.05, 3.63) is 89.1 Å². The molecule has 1 heterocycles. The van der Waals surface area contributed by atoms with Gasteiger partial charge >= 0.3 is 0 Å². The molecule has 9 heteroatoms. The number of ether oxygens (including phenoxy) is 2. The summed E-state index contributed by atoms with van der Waals surface area (Å²) in [4.78, 5) is 19.7. The molecule has 0 aliphatic rings. The molecule has 1 N–H and O–H groups in total. The van der Waals surface area contributed by atoms with Crippen LogP contribution >= 0.6 is 11.6 Å². The molecule has 1 aromatic heterocycles. The second-order valence-electron chi connectivity index (χ2n) is 6.91. The highest BCUT2D eigenvalue weighted by atomic mass is 35.5. The van der Waals surface area contributed by atoms with Crippen molar-refractivity contribution >= 4 is 34.5 Å². The average Bonchev–Trinajstić information content (AvgIpc) is 2.82. The number of carbonyl (C=O) groups excluding carboxylic acids is 1. The van der Waals surface area contributed by atoms with Crippen molar-refractivity contribution in [1.82, 2.24) is 15.4 Å². The summed E-state index contributed by atoms with van der Waals surface area (Å²) in [5.41, 5.74) is 4.01. The van der Waals surface area contributed by atoms with Crippen molar-refractivity contribution in [2.24, 2.45) is 5.10 Å². The minimum Gasteiger partial charge on any atom is -0.493 e. The van der Waals surface area contributed by atoms with Gasteiger partial charge in [0.2, 0.25) is 17.0 Å². The Morgan fingerprint density at radius 1 is 1.15 bits per heavy atom. The van der Waals surface area contributed by atoms with Crippen LogP contribution in [0.3, 0.4) is 0 Å².